The van der Waals surface area contributed by atoms with Crippen LogP contribution < -0.4 is 10.2 Å². The van der Waals surface area contributed by atoms with Gasteiger partial charge in [-0.2, -0.15) is 0 Å². The number of anilines is 1. The first kappa shape index (κ1) is 18.7. The smallest absolute Gasteiger partial charge is 0.0642 e. The Balaban J connectivity index is 1.39. The maximum Gasteiger partial charge on any atom is 0.0642 e. The highest BCUT2D eigenvalue weighted by molar-refractivity contribution is 5.48. The second-order valence-electron chi connectivity index (χ2n) is 7.62. The summed E-state index contributed by atoms with van der Waals surface area (Å²) < 4.78 is 5.42. The van der Waals surface area contributed by atoms with Gasteiger partial charge in [-0.1, -0.05) is 25.0 Å². The van der Waals surface area contributed by atoms with Crippen LogP contribution in [0.5, 0.6) is 0 Å². The summed E-state index contributed by atoms with van der Waals surface area (Å²) in [6, 6.07) is 9.32. The van der Waals surface area contributed by atoms with Gasteiger partial charge < -0.3 is 20.1 Å². The van der Waals surface area contributed by atoms with Crippen LogP contribution in [0.3, 0.4) is 0 Å². The maximum atomic E-state index is 10.1. The first-order valence-electron chi connectivity index (χ1n) is 10.1. The lowest BCUT2D eigenvalue weighted by Crippen LogP contribution is -2.36. The molecule has 1 aliphatic heterocycles. The highest BCUT2D eigenvalue weighted by Gasteiger charge is 2.22. The van der Waals surface area contributed by atoms with Crippen LogP contribution in [0, 0.1) is 5.92 Å². The summed E-state index contributed by atoms with van der Waals surface area (Å²) in [6.45, 7) is 6.89. The summed E-state index contributed by atoms with van der Waals surface area (Å²) >= 11 is 0. The van der Waals surface area contributed by atoms with E-state index in [-0.39, 0.29) is 6.10 Å². The molecule has 4 nitrogen and oxygen atoms in total. The molecule has 1 heterocycles. The Hall–Kier alpha value is -1.10. The van der Waals surface area contributed by atoms with Crippen LogP contribution in [0.25, 0.3) is 0 Å². The molecule has 1 saturated heterocycles. The molecular weight excluding hydrogens is 312 g/mol. The number of hydrogen-bond acceptors (Lipinski definition) is 4. The number of hydrogen-bond donors (Lipinski definition) is 2. The number of nitrogens with zero attached hydrogens (tertiary/aromatic N) is 1. The van der Waals surface area contributed by atoms with E-state index in [9.17, 15) is 5.11 Å². The van der Waals surface area contributed by atoms with E-state index in [4.69, 9.17) is 4.74 Å². The molecule has 1 aliphatic carbocycles. The SMILES string of the molecule is CC(NCCCC1CCCCC1O)c1ccc(N2CCOCC2)cc1. The van der Waals surface area contributed by atoms with Gasteiger partial charge in [0.25, 0.3) is 0 Å². The van der Waals surface area contributed by atoms with Crippen LogP contribution in [0.2, 0.25) is 0 Å². The van der Waals surface area contributed by atoms with Gasteiger partial charge in [0.05, 0.1) is 19.3 Å². The minimum Gasteiger partial charge on any atom is -0.393 e. The maximum absolute atomic E-state index is 10.1. The zero-order valence-electron chi connectivity index (χ0n) is 15.6. The Morgan fingerprint density at radius 2 is 1.88 bits per heavy atom. The van der Waals surface area contributed by atoms with Crippen LogP contribution in [-0.4, -0.2) is 44.1 Å². The van der Waals surface area contributed by atoms with Crippen molar-refractivity contribution in [3.63, 3.8) is 0 Å². The molecule has 0 radical (unpaired) electrons. The molecular formula is C21H34N2O2. The number of aliphatic hydroxyl groups is 1. The number of rotatable bonds is 7. The topological polar surface area (TPSA) is 44.7 Å². The first-order chi connectivity index (χ1) is 12.2. The van der Waals surface area contributed by atoms with Crippen molar-refractivity contribution in [2.45, 2.75) is 57.6 Å². The Labute approximate surface area is 152 Å². The summed E-state index contributed by atoms with van der Waals surface area (Å²) in [7, 11) is 0. The molecule has 2 fully saturated rings. The van der Waals surface area contributed by atoms with Crippen molar-refractivity contribution in [2.24, 2.45) is 5.92 Å². The first-order valence-corrected chi connectivity index (χ1v) is 10.1. The molecule has 1 saturated carbocycles. The molecule has 4 heteroatoms. The van der Waals surface area contributed by atoms with Gasteiger partial charge in [-0.05, 0) is 62.8 Å². The minimum absolute atomic E-state index is 0.0566. The standard InChI is InChI=1S/C21H34N2O2/c1-17(22-12-4-6-19-5-2-3-7-21(19)24)18-8-10-20(11-9-18)23-13-15-25-16-14-23/h8-11,17,19,21-22,24H,2-7,12-16H2,1H3. The van der Waals surface area contributed by atoms with Gasteiger partial charge in [0, 0.05) is 24.8 Å². The highest BCUT2D eigenvalue weighted by Crippen LogP contribution is 2.28. The summed E-state index contributed by atoms with van der Waals surface area (Å²) in [5, 5.41) is 13.7. The molecule has 1 aromatic rings. The van der Waals surface area contributed by atoms with E-state index in [1.807, 2.05) is 0 Å². The molecule has 3 atom stereocenters. The van der Waals surface area contributed by atoms with E-state index in [1.54, 1.807) is 0 Å². The Morgan fingerprint density at radius 3 is 2.60 bits per heavy atom. The molecule has 2 N–H and O–H groups in total. The largest absolute Gasteiger partial charge is 0.393 e. The molecule has 140 valence electrons. The third kappa shape index (κ3) is 5.44. The zero-order valence-corrected chi connectivity index (χ0v) is 15.6. The molecule has 0 amide bonds. The molecule has 2 aliphatic rings. The van der Waals surface area contributed by atoms with Crippen LogP contribution >= 0.6 is 0 Å². The molecule has 25 heavy (non-hydrogen) atoms. The van der Waals surface area contributed by atoms with Gasteiger partial charge in [-0.15, -0.1) is 0 Å². The van der Waals surface area contributed by atoms with Crippen molar-refractivity contribution in [1.82, 2.24) is 5.32 Å². The molecule has 3 unspecified atom stereocenters. The van der Waals surface area contributed by atoms with Gasteiger partial charge in [0.2, 0.25) is 0 Å². The van der Waals surface area contributed by atoms with Crippen molar-refractivity contribution in [2.75, 3.05) is 37.7 Å². The summed E-state index contributed by atoms with van der Waals surface area (Å²) in [5.74, 6) is 0.527. The fourth-order valence-electron chi connectivity index (χ4n) is 4.12. The van der Waals surface area contributed by atoms with Gasteiger partial charge in [-0.25, -0.2) is 0 Å². The predicted octanol–water partition coefficient (Wildman–Crippen LogP) is 3.51. The fraction of sp³-hybridized carbons (Fsp3) is 0.714. The molecule has 3 rings (SSSR count). The molecule has 0 bridgehead atoms. The summed E-state index contributed by atoms with van der Waals surface area (Å²) in [5.41, 5.74) is 2.64. The average molecular weight is 347 g/mol. The Morgan fingerprint density at radius 1 is 1.16 bits per heavy atom. The van der Waals surface area contributed by atoms with Crippen molar-refractivity contribution in [3.05, 3.63) is 29.8 Å². The van der Waals surface area contributed by atoms with Gasteiger partial charge >= 0.3 is 0 Å². The fourth-order valence-corrected chi connectivity index (χ4v) is 4.12. The van der Waals surface area contributed by atoms with Gasteiger partial charge in [0.1, 0.15) is 0 Å². The normalized spacial score (nSPS) is 25.8. The van der Waals surface area contributed by atoms with Crippen LogP contribution in [0.4, 0.5) is 5.69 Å². The second kappa shape index (κ2) is 9.56. The van der Waals surface area contributed by atoms with Crippen LogP contribution in [-0.2, 0) is 4.74 Å². The predicted molar refractivity (Wildman–Crippen MR) is 103 cm³/mol. The number of aliphatic hydroxyl groups excluding tert-OH is 1. The number of ether oxygens (including phenoxy) is 1. The number of morpholine rings is 1. The summed E-state index contributed by atoms with van der Waals surface area (Å²) in [6.07, 6.45) is 6.95. The molecule has 0 aromatic heterocycles. The molecule has 1 aromatic carbocycles. The third-order valence-electron chi connectivity index (χ3n) is 5.84. The van der Waals surface area contributed by atoms with Crippen LogP contribution in [0.1, 0.15) is 57.1 Å². The average Bonchev–Trinajstić information content (AvgIpc) is 2.67. The highest BCUT2D eigenvalue weighted by atomic mass is 16.5. The van der Waals surface area contributed by atoms with E-state index in [0.717, 1.165) is 52.1 Å². The number of benzene rings is 1. The van der Waals surface area contributed by atoms with E-state index in [0.29, 0.717) is 12.0 Å². The lowest BCUT2D eigenvalue weighted by atomic mass is 9.83. The minimum atomic E-state index is -0.0566. The Bertz CT molecular complexity index is 499. The van der Waals surface area contributed by atoms with E-state index < -0.39 is 0 Å². The lowest BCUT2D eigenvalue weighted by Gasteiger charge is -2.29. The second-order valence-corrected chi connectivity index (χ2v) is 7.62. The summed E-state index contributed by atoms with van der Waals surface area (Å²) in [4.78, 5) is 2.39. The quantitative estimate of drug-likeness (QED) is 0.742. The lowest BCUT2D eigenvalue weighted by molar-refractivity contribution is 0.0642. The third-order valence-corrected chi connectivity index (χ3v) is 5.84. The van der Waals surface area contributed by atoms with Crippen molar-refractivity contribution in [3.8, 4) is 0 Å². The Kier molecular flexibility index (Phi) is 7.14. The monoisotopic (exact) mass is 346 g/mol. The van der Waals surface area contributed by atoms with E-state index >= 15 is 0 Å². The van der Waals surface area contributed by atoms with E-state index in [2.05, 4.69) is 41.4 Å². The van der Waals surface area contributed by atoms with Crippen molar-refractivity contribution in [1.29, 1.82) is 0 Å². The van der Waals surface area contributed by atoms with Crippen molar-refractivity contribution < 1.29 is 9.84 Å². The van der Waals surface area contributed by atoms with Gasteiger partial charge in [0.15, 0.2) is 0 Å². The van der Waals surface area contributed by atoms with E-state index in [1.165, 1.54) is 30.5 Å². The van der Waals surface area contributed by atoms with Crippen LogP contribution in [0.15, 0.2) is 24.3 Å². The number of nitrogens with one attached hydrogen (secondary N) is 1. The zero-order chi connectivity index (χ0) is 17.5. The van der Waals surface area contributed by atoms with Gasteiger partial charge in [-0.3, -0.25) is 0 Å². The molecule has 0 spiro atoms. The van der Waals surface area contributed by atoms with Crippen molar-refractivity contribution >= 4 is 5.69 Å².